The molecular formula is C32H40N6O9. The van der Waals surface area contributed by atoms with E-state index < -0.39 is 29.9 Å². The molecule has 3 N–H and O–H groups in total. The van der Waals surface area contributed by atoms with Crippen molar-refractivity contribution in [3.05, 3.63) is 36.0 Å². The molecule has 2 saturated heterocycles. The SMILES string of the molecule is CCOC(=O)N1CCN(C(=O)[C@H](CCC(=O)O)NC(=O)c2cc(OCC(=O)N3CC[C@H](C(=O)NC4CC4)C3)c3ccccc3n2)CC1. The molecule has 5 amide bonds. The van der Waals surface area contributed by atoms with E-state index in [0.717, 1.165) is 12.8 Å². The van der Waals surface area contributed by atoms with E-state index in [0.29, 0.717) is 30.4 Å². The fraction of sp³-hybridized carbons (Fsp3) is 0.531. The van der Waals surface area contributed by atoms with Gasteiger partial charge >= 0.3 is 12.1 Å². The number of carboxylic acids is 1. The Kier molecular flexibility index (Phi) is 10.7. The second kappa shape index (κ2) is 15.1. The number of para-hydroxylation sites is 1. The molecule has 15 nitrogen and oxygen atoms in total. The lowest BCUT2D eigenvalue weighted by molar-refractivity contribution is -0.138. The summed E-state index contributed by atoms with van der Waals surface area (Å²) in [5.41, 5.74) is 0.341. The van der Waals surface area contributed by atoms with E-state index in [-0.39, 0.29) is 87.5 Å². The van der Waals surface area contributed by atoms with Crippen LogP contribution in [0.4, 0.5) is 4.79 Å². The number of benzene rings is 1. The Hall–Kier alpha value is -4.95. The van der Waals surface area contributed by atoms with Crippen molar-refractivity contribution in [3.8, 4) is 5.75 Å². The summed E-state index contributed by atoms with van der Waals surface area (Å²) in [5, 5.41) is 15.5. The van der Waals surface area contributed by atoms with Crippen LogP contribution in [-0.2, 0) is 23.9 Å². The highest BCUT2D eigenvalue weighted by Crippen LogP contribution is 2.27. The zero-order valence-corrected chi connectivity index (χ0v) is 26.3. The number of hydrogen-bond donors (Lipinski definition) is 3. The highest BCUT2D eigenvalue weighted by molar-refractivity contribution is 5.99. The third-order valence-corrected chi connectivity index (χ3v) is 8.47. The molecule has 47 heavy (non-hydrogen) atoms. The number of nitrogens with zero attached hydrogens (tertiary/aromatic N) is 4. The monoisotopic (exact) mass is 652 g/mol. The molecule has 15 heteroatoms. The van der Waals surface area contributed by atoms with Crippen LogP contribution in [0, 0.1) is 5.92 Å². The maximum atomic E-state index is 13.5. The van der Waals surface area contributed by atoms with E-state index in [1.807, 2.05) is 0 Å². The summed E-state index contributed by atoms with van der Waals surface area (Å²) < 4.78 is 10.9. The number of pyridine rings is 1. The molecular weight excluding hydrogens is 612 g/mol. The molecule has 2 aliphatic heterocycles. The number of carbonyl (C=O) groups excluding carboxylic acids is 5. The van der Waals surface area contributed by atoms with Crippen LogP contribution in [0.1, 0.15) is 49.5 Å². The third kappa shape index (κ3) is 8.65. The summed E-state index contributed by atoms with van der Waals surface area (Å²) >= 11 is 0. The predicted octanol–water partition coefficient (Wildman–Crippen LogP) is 1.00. The van der Waals surface area contributed by atoms with Crippen molar-refractivity contribution in [2.45, 2.75) is 51.1 Å². The van der Waals surface area contributed by atoms with Crippen LogP contribution >= 0.6 is 0 Å². The first-order valence-corrected chi connectivity index (χ1v) is 16.0. The van der Waals surface area contributed by atoms with Gasteiger partial charge in [0.05, 0.1) is 18.0 Å². The van der Waals surface area contributed by atoms with Crippen LogP contribution < -0.4 is 15.4 Å². The molecule has 252 valence electrons. The van der Waals surface area contributed by atoms with Gasteiger partial charge in [0.2, 0.25) is 11.8 Å². The largest absolute Gasteiger partial charge is 0.483 e. The number of fused-ring (bicyclic) bond motifs is 1. The molecule has 1 saturated carbocycles. The molecule has 0 unspecified atom stereocenters. The van der Waals surface area contributed by atoms with Gasteiger partial charge in [0.15, 0.2) is 6.61 Å². The zero-order valence-electron chi connectivity index (χ0n) is 26.3. The first kappa shape index (κ1) is 33.4. The minimum Gasteiger partial charge on any atom is -0.483 e. The average molecular weight is 653 g/mol. The molecule has 5 rings (SSSR count). The summed E-state index contributed by atoms with van der Waals surface area (Å²) in [6.07, 6.45) is 1.57. The minimum absolute atomic E-state index is 0.0291. The van der Waals surface area contributed by atoms with Gasteiger partial charge in [-0.3, -0.25) is 24.0 Å². The highest BCUT2D eigenvalue weighted by atomic mass is 16.6. The zero-order chi connectivity index (χ0) is 33.5. The fourth-order valence-electron chi connectivity index (χ4n) is 5.66. The summed E-state index contributed by atoms with van der Waals surface area (Å²) in [4.78, 5) is 84.8. The Bertz CT molecular complexity index is 1520. The fourth-order valence-corrected chi connectivity index (χ4v) is 5.66. The first-order chi connectivity index (χ1) is 22.6. The number of aliphatic carboxylic acids is 1. The number of piperazine rings is 1. The smallest absolute Gasteiger partial charge is 0.409 e. The Morgan fingerprint density at radius 1 is 0.979 bits per heavy atom. The van der Waals surface area contributed by atoms with Crippen LogP contribution in [0.25, 0.3) is 10.9 Å². The second-order valence-corrected chi connectivity index (χ2v) is 11.9. The van der Waals surface area contributed by atoms with Crippen molar-refractivity contribution < 1.29 is 43.3 Å². The van der Waals surface area contributed by atoms with Gasteiger partial charge in [0.1, 0.15) is 17.5 Å². The summed E-state index contributed by atoms with van der Waals surface area (Å²) in [6, 6.07) is 7.40. The van der Waals surface area contributed by atoms with Crippen LogP contribution in [0.2, 0.25) is 0 Å². The quantitative estimate of drug-likeness (QED) is 0.299. The lowest BCUT2D eigenvalue weighted by Crippen LogP contribution is -2.56. The van der Waals surface area contributed by atoms with Crippen molar-refractivity contribution in [3.63, 3.8) is 0 Å². The lowest BCUT2D eigenvalue weighted by atomic mass is 10.1. The molecule has 1 aromatic heterocycles. The molecule has 0 spiro atoms. The summed E-state index contributed by atoms with van der Waals surface area (Å²) in [7, 11) is 0. The average Bonchev–Trinajstić information content (AvgIpc) is 3.74. The van der Waals surface area contributed by atoms with E-state index in [1.165, 1.54) is 15.9 Å². The Morgan fingerprint density at radius 2 is 1.70 bits per heavy atom. The van der Waals surface area contributed by atoms with Gasteiger partial charge in [0, 0.05) is 63.2 Å². The van der Waals surface area contributed by atoms with Gasteiger partial charge in [-0.15, -0.1) is 0 Å². The van der Waals surface area contributed by atoms with Gasteiger partial charge < -0.3 is 39.9 Å². The van der Waals surface area contributed by atoms with Crippen LogP contribution in [0.3, 0.4) is 0 Å². The summed E-state index contributed by atoms with van der Waals surface area (Å²) in [6.45, 7) is 3.24. The van der Waals surface area contributed by atoms with Crippen LogP contribution in [-0.4, -0.2) is 125 Å². The molecule has 3 aliphatic rings. The number of likely N-dealkylation sites (tertiary alicyclic amines) is 1. The number of hydrogen-bond acceptors (Lipinski definition) is 9. The number of ether oxygens (including phenoxy) is 2. The standard InChI is InChI=1S/C32H40N6O9/c1-2-46-32(45)37-15-13-36(14-16-37)31(44)24(9-10-28(40)41)35-30(43)25-17-26(22-5-3-4-6-23(22)34-25)47-19-27(39)38-12-11-20(18-38)29(42)33-21-7-8-21/h3-6,17,20-21,24H,2,7-16,18-19H2,1H3,(H,33,42)(H,35,43)(H,40,41)/t20-,24-/m0/s1. The normalized spacial score (nSPS) is 18.4. The van der Waals surface area contributed by atoms with Gasteiger partial charge in [-0.1, -0.05) is 12.1 Å². The number of nitrogens with one attached hydrogen (secondary N) is 2. The number of amides is 5. The van der Waals surface area contributed by atoms with Gasteiger partial charge in [-0.05, 0) is 44.7 Å². The van der Waals surface area contributed by atoms with E-state index in [1.54, 1.807) is 36.1 Å². The minimum atomic E-state index is -1.16. The third-order valence-electron chi connectivity index (χ3n) is 8.47. The van der Waals surface area contributed by atoms with Crippen molar-refractivity contribution >= 4 is 46.6 Å². The number of rotatable bonds is 12. The number of carboxylic acid groups (broad SMARTS) is 1. The van der Waals surface area contributed by atoms with Gasteiger partial charge in [-0.25, -0.2) is 9.78 Å². The van der Waals surface area contributed by atoms with Crippen molar-refractivity contribution in [1.82, 2.24) is 30.3 Å². The molecule has 2 aromatic rings. The Labute approximate surface area is 271 Å². The first-order valence-electron chi connectivity index (χ1n) is 16.0. The molecule has 3 fully saturated rings. The van der Waals surface area contributed by atoms with Crippen LogP contribution in [0.5, 0.6) is 5.75 Å². The maximum absolute atomic E-state index is 13.5. The molecule has 1 aromatic carbocycles. The Morgan fingerprint density at radius 3 is 2.40 bits per heavy atom. The summed E-state index contributed by atoms with van der Waals surface area (Å²) in [5.74, 6) is -2.65. The molecule has 0 radical (unpaired) electrons. The van der Waals surface area contributed by atoms with Gasteiger partial charge in [0.25, 0.3) is 11.8 Å². The number of aromatic nitrogens is 1. The van der Waals surface area contributed by atoms with E-state index in [2.05, 4.69) is 15.6 Å². The van der Waals surface area contributed by atoms with Crippen molar-refractivity contribution in [2.24, 2.45) is 5.92 Å². The molecule has 3 heterocycles. The highest BCUT2D eigenvalue weighted by Gasteiger charge is 2.34. The van der Waals surface area contributed by atoms with E-state index in [4.69, 9.17) is 9.47 Å². The van der Waals surface area contributed by atoms with Gasteiger partial charge in [-0.2, -0.15) is 0 Å². The second-order valence-electron chi connectivity index (χ2n) is 11.9. The topological polar surface area (TPSA) is 188 Å². The van der Waals surface area contributed by atoms with Crippen molar-refractivity contribution in [2.75, 3.05) is 52.5 Å². The maximum Gasteiger partial charge on any atom is 0.409 e. The molecule has 0 bridgehead atoms. The van der Waals surface area contributed by atoms with E-state index >= 15 is 0 Å². The predicted molar refractivity (Wildman–Crippen MR) is 166 cm³/mol. The number of carbonyl (C=O) groups is 6. The molecule has 1 aliphatic carbocycles. The van der Waals surface area contributed by atoms with E-state index in [9.17, 15) is 33.9 Å². The van der Waals surface area contributed by atoms with Crippen LogP contribution in [0.15, 0.2) is 30.3 Å². The molecule has 2 atom stereocenters. The Balaban J connectivity index is 1.25. The van der Waals surface area contributed by atoms with Crippen molar-refractivity contribution in [1.29, 1.82) is 0 Å². The lowest BCUT2D eigenvalue weighted by Gasteiger charge is -2.35.